The number of carboxylic acids is 1. The number of para-hydroxylation sites is 1. The molecule has 0 spiro atoms. The van der Waals surface area contributed by atoms with E-state index in [9.17, 15) is 19.7 Å². The van der Waals surface area contributed by atoms with E-state index in [0.29, 0.717) is 11.3 Å². The van der Waals surface area contributed by atoms with Crippen LogP contribution < -0.4 is 10.2 Å². The standard InChI is InChI=1S/C22H17N3O6/c26-21(16-9-11-19(12-10-16)25(29)30)24-23-13-18-3-1-2-4-20(18)31-14-15-5-7-17(8-6-15)22(27)28/h1-13H,14H2,(H,24,26)(H,27,28)/b23-13-. The van der Waals surface area contributed by atoms with Crippen molar-refractivity contribution in [2.45, 2.75) is 6.61 Å². The maximum atomic E-state index is 12.1. The van der Waals surface area contributed by atoms with Gasteiger partial charge in [0, 0.05) is 23.3 Å². The van der Waals surface area contributed by atoms with E-state index >= 15 is 0 Å². The molecule has 0 unspecified atom stereocenters. The molecule has 31 heavy (non-hydrogen) atoms. The first kappa shape index (κ1) is 21.2. The van der Waals surface area contributed by atoms with Crippen LogP contribution in [0.3, 0.4) is 0 Å². The number of amides is 1. The van der Waals surface area contributed by atoms with Crippen molar-refractivity contribution in [3.8, 4) is 5.75 Å². The summed E-state index contributed by atoms with van der Waals surface area (Å²) in [7, 11) is 0. The molecule has 0 bridgehead atoms. The normalized spacial score (nSPS) is 10.6. The van der Waals surface area contributed by atoms with E-state index in [1.807, 2.05) is 0 Å². The van der Waals surface area contributed by atoms with Crippen LogP contribution in [0.5, 0.6) is 5.75 Å². The number of nitro groups is 1. The zero-order valence-electron chi connectivity index (χ0n) is 16.1. The number of hydrazone groups is 1. The predicted molar refractivity (Wildman–Crippen MR) is 112 cm³/mol. The van der Waals surface area contributed by atoms with Gasteiger partial charge >= 0.3 is 5.97 Å². The van der Waals surface area contributed by atoms with Crippen LogP contribution in [0.4, 0.5) is 5.69 Å². The van der Waals surface area contributed by atoms with Gasteiger partial charge in [-0.1, -0.05) is 24.3 Å². The van der Waals surface area contributed by atoms with Crippen molar-refractivity contribution in [3.05, 3.63) is 105 Å². The number of benzene rings is 3. The van der Waals surface area contributed by atoms with Gasteiger partial charge in [0.1, 0.15) is 12.4 Å². The van der Waals surface area contributed by atoms with Crippen molar-refractivity contribution >= 4 is 23.8 Å². The largest absolute Gasteiger partial charge is 0.488 e. The minimum absolute atomic E-state index is 0.108. The van der Waals surface area contributed by atoms with Crippen LogP contribution in [-0.2, 0) is 6.61 Å². The summed E-state index contributed by atoms with van der Waals surface area (Å²) in [6, 6.07) is 18.6. The van der Waals surface area contributed by atoms with E-state index in [4.69, 9.17) is 9.84 Å². The molecule has 0 atom stereocenters. The monoisotopic (exact) mass is 419 g/mol. The van der Waals surface area contributed by atoms with Crippen LogP contribution in [0.1, 0.15) is 31.8 Å². The third-order valence-electron chi connectivity index (χ3n) is 4.22. The average molecular weight is 419 g/mol. The summed E-state index contributed by atoms with van der Waals surface area (Å²) in [5.41, 5.74) is 4.10. The highest BCUT2D eigenvalue weighted by molar-refractivity contribution is 5.95. The summed E-state index contributed by atoms with van der Waals surface area (Å²) in [5, 5.41) is 23.5. The molecule has 9 nitrogen and oxygen atoms in total. The molecule has 0 fully saturated rings. The lowest BCUT2D eigenvalue weighted by Crippen LogP contribution is -2.17. The molecule has 0 saturated carbocycles. The van der Waals surface area contributed by atoms with Crippen molar-refractivity contribution in [1.82, 2.24) is 5.43 Å². The minimum Gasteiger partial charge on any atom is -0.488 e. The van der Waals surface area contributed by atoms with Gasteiger partial charge in [0.2, 0.25) is 0 Å². The van der Waals surface area contributed by atoms with Crippen LogP contribution in [0.25, 0.3) is 0 Å². The third-order valence-corrected chi connectivity index (χ3v) is 4.22. The molecule has 3 rings (SSSR count). The van der Waals surface area contributed by atoms with Crippen molar-refractivity contribution in [2.75, 3.05) is 0 Å². The molecule has 0 aliphatic heterocycles. The number of aromatic carboxylic acids is 1. The van der Waals surface area contributed by atoms with Crippen LogP contribution in [0.15, 0.2) is 77.9 Å². The molecule has 0 saturated heterocycles. The topological polar surface area (TPSA) is 131 Å². The Kier molecular flexibility index (Phi) is 6.69. The lowest BCUT2D eigenvalue weighted by Gasteiger charge is -2.09. The number of ether oxygens (including phenoxy) is 1. The van der Waals surface area contributed by atoms with E-state index < -0.39 is 16.8 Å². The van der Waals surface area contributed by atoms with E-state index in [2.05, 4.69) is 10.5 Å². The smallest absolute Gasteiger partial charge is 0.335 e. The van der Waals surface area contributed by atoms with E-state index in [0.717, 1.165) is 5.56 Å². The van der Waals surface area contributed by atoms with Gasteiger partial charge in [-0.15, -0.1) is 0 Å². The molecule has 9 heteroatoms. The van der Waals surface area contributed by atoms with Crippen molar-refractivity contribution in [3.63, 3.8) is 0 Å². The van der Waals surface area contributed by atoms with Gasteiger partial charge in [0.05, 0.1) is 16.7 Å². The SMILES string of the molecule is O=C(O)c1ccc(COc2ccccc2/C=N\NC(=O)c2ccc([N+](=O)[O-])cc2)cc1. The summed E-state index contributed by atoms with van der Waals surface area (Å²) in [6.45, 7) is 0.222. The summed E-state index contributed by atoms with van der Waals surface area (Å²) in [5.74, 6) is -0.981. The highest BCUT2D eigenvalue weighted by Gasteiger charge is 2.09. The Hall–Kier alpha value is -4.53. The van der Waals surface area contributed by atoms with Crippen LogP contribution >= 0.6 is 0 Å². The Morgan fingerprint density at radius 3 is 2.29 bits per heavy atom. The molecular formula is C22H17N3O6. The zero-order valence-corrected chi connectivity index (χ0v) is 16.1. The number of nitrogens with one attached hydrogen (secondary N) is 1. The highest BCUT2D eigenvalue weighted by Crippen LogP contribution is 2.18. The molecule has 1 amide bonds. The number of carbonyl (C=O) groups is 2. The number of nitro benzene ring substituents is 1. The number of non-ortho nitro benzene ring substituents is 1. The number of rotatable bonds is 8. The van der Waals surface area contributed by atoms with E-state index in [-0.39, 0.29) is 23.4 Å². The predicted octanol–water partition coefficient (Wildman–Crippen LogP) is 3.64. The van der Waals surface area contributed by atoms with Gasteiger partial charge in [0.25, 0.3) is 11.6 Å². The van der Waals surface area contributed by atoms with Gasteiger partial charge in [-0.2, -0.15) is 5.10 Å². The van der Waals surface area contributed by atoms with Gasteiger partial charge in [-0.05, 0) is 42.0 Å². The maximum Gasteiger partial charge on any atom is 0.335 e. The minimum atomic E-state index is -0.996. The first-order valence-electron chi connectivity index (χ1n) is 9.06. The van der Waals surface area contributed by atoms with Crippen molar-refractivity contribution < 1.29 is 24.4 Å². The van der Waals surface area contributed by atoms with Crippen molar-refractivity contribution in [1.29, 1.82) is 0 Å². The fourth-order valence-corrected chi connectivity index (χ4v) is 2.58. The van der Waals surface area contributed by atoms with Crippen LogP contribution in [-0.4, -0.2) is 28.1 Å². The highest BCUT2D eigenvalue weighted by atomic mass is 16.6. The Morgan fingerprint density at radius 1 is 1.00 bits per heavy atom. The van der Waals surface area contributed by atoms with Gasteiger partial charge in [-0.25, -0.2) is 10.2 Å². The molecular weight excluding hydrogens is 402 g/mol. The molecule has 2 N–H and O–H groups in total. The Bertz CT molecular complexity index is 1120. The third kappa shape index (κ3) is 5.73. The Labute approximate surface area is 176 Å². The van der Waals surface area contributed by atoms with Crippen LogP contribution in [0.2, 0.25) is 0 Å². The number of hydrogen-bond acceptors (Lipinski definition) is 6. The lowest BCUT2D eigenvalue weighted by molar-refractivity contribution is -0.384. The number of carboxylic acid groups (broad SMARTS) is 1. The molecule has 0 aromatic heterocycles. The number of carbonyl (C=O) groups excluding carboxylic acids is 1. The summed E-state index contributed by atoms with van der Waals surface area (Å²) >= 11 is 0. The molecule has 0 aliphatic carbocycles. The van der Waals surface area contributed by atoms with E-state index in [1.54, 1.807) is 36.4 Å². The molecule has 3 aromatic carbocycles. The molecule has 0 radical (unpaired) electrons. The fourth-order valence-electron chi connectivity index (χ4n) is 2.58. The second-order valence-corrected chi connectivity index (χ2v) is 6.33. The Balaban J connectivity index is 1.61. The first-order chi connectivity index (χ1) is 14.9. The Morgan fingerprint density at radius 2 is 1.65 bits per heavy atom. The van der Waals surface area contributed by atoms with E-state index in [1.165, 1.54) is 42.6 Å². The first-order valence-corrected chi connectivity index (χ1v) is 9.06. The van der Waals surface area contributed by atoms with Gasteiger partial charge in [0.15, 0.2) is 0 Å². The second-order valence-electron chi connectivity index (χ2n) is 6.33. The molecule has 3 aromatic rings. The second kappa shape index (κ2) is 9.79. The van der Waals surface area contributed by atoms with Crippen molar-refractivity contribution in [2.24, 2.45) is 5.10 Å². The van der Waals surface area contributed by atoms with Gasteiger partial charge < -0.3 is 9.84 Å². The fraction of sp³-hybridized carbons (Fsp3) is 0.0455. The molecule has 0 heterocycles. The van der Waals surface area contributed by atoms with Crippen LogP contribution in [0, 0.1) is 10.1 Å². The maximum absolute atomic E-state index is 12.1. The molecule has 0 aliphatic rings. The quantitative estimate of drug-likeness (QED) is 0.326. The zero-order chi connectivity index (χ0) is 22.2. The molecule has 156 valence electrons. The average Bonchev–Trinajstić information content (AvgIpc) is 2.78. The summed E-state index contributed by atoms with van der Waals surface area (Å²) in [6.07, 6.45) is 1.42. The lowest BCUT2D eigenvalue weighted by atomic mass is 10.1. The summed E-state index contributed by atoms with van der Waals surface area (Å²) in [4.78, 5) is 33.2. The number of hydrogen-bond donors (Lipinski definition) is 2. The number of nitrogens with zero attached hydrogens (tertiary/aromatic N) is 2. The van der Waals surface area contributed by atoms with Gasteiger partial charge in [-0.3, -0.25) is 14.9 Å². The summed E-state index contributed by atoms with van der Waals surface area (Å²) < 4.78 is 5.79.